The van der Waals surface area contributed by atoms with Gasteiger partial charge < -0.3 is 9.15 Å². The van der Waals surface area contributed by atoms with Gasteiger partial charge in [0.1, 0.15) is 11.3 Å². The van der Waals surface area contributed by atoms with Crippen molar-refractivity contribution in [2.75, 3.05) is 7.11 Å². The Kier molecular flexibility index (Phi) is 4.10. The first-order chi connectivity index (χ1) is 14.2. The summed E-state index contributed by atoms with van der Waals surface area (Å²) in [6, 6.07) is 27.1. The van der Waals surface area contributed by atoms with Crippen LogP contribution in [0, 0.1) is 0 Å². The number of benzene rings is 3. The van der Waals surface area contributed by atoms with E-state index in [2.05, 4.69) is 18.2 Å². The number of rotatable bonds is 3. The van der Waals surface area contributed by atoms with Crippen LogP contribution in [0.1, 0.15) is 0 Å². The number of hydrogen-bond donors (Lipinski definition) is 0. The zero-order chi connectivity index (χ0) is 19.8. The summed E-state index contributed by atoms with van der Waals surface area (Å²) >= 11 is 0. The molecule has 0 saturated carbocycles. The van der Waals surface area contributed by atoms with Crippen LogP contribution in [0.2, 0.25) is 0 Å². The van der Waals surface area contributed by atoms with Gasteiger partial charge in [0.15, 0.2) is 0 Å². The van der Waals surface area contributed by atoms with Gasteiger partial charge >= 0.3 is 5.63 Å². The molecule has 0 fully saturated rings. The third-order valence-electron chi connectivity index (χ3n) is 5.04. The molecule has 0 aliphatic carbocycles. The van der Waals surface area contributed by atoms with E-state index in [-0.39, 0.29) is 5.63 Å². The second-order valence-corrected chi connectivity index (χ2v) is 6.78. The molecule has 2 heterocycles. The van der Waals surface area contributed by atoms with Crippen LogP contribution in [0.4, 0.5) is 0 Å². The number of pyridine rings is 1. The van der Waals surface area contributed by atoms with Gasteiger partial charge in [-0.1, -0.05) is 30.3 Å². The van der Waals surface area contributed by atoms with E-state index in [1.807, 2.05) is 54.6 Å². The van der Waals surface area contributed by atoms with Crippen LogP contribution in [-0.2, 0) is 0 Å². The Morgan fingerprint density at radius 1 is 0.828 bits per heavy atom. The molecule has 0 spiro atoms. The Hall–Kier alpha value is -3.92. The molecule has 0 atom stereocenters. The first kappa shape index (κ1) is 17.2. The maximum absolute atomic E-state index is 11.7. The van der Waals surface area contributed by atoms with E-state index in [4.69, 9.17) is 14.1 Å². The molecule has 0 bridgehead atoms. The van der Waals surface area contributed by atoms with Crippen molar-refractivity contribution >= 4 is 21.9 Å². The van der Waals surface area contributed by atoms with Crippen LogP contribution >= 0.6 is 0 Å². The number of nitrogens with zero attached hydrogens (tertiary/aromatic N) is 1. The maximum atomic E-state index is 11.7. The van der Waals surface area contributed by atoms with Gasteiger partial charge in [-0.25, -0.2) is 9.78 Å². The number of methoxy groups -OCH3 is 1. The summed E-state index contributed by atoms with van der Waals surface area (Å²) in [7, 11) is 1.65. The highest BCUT2D eigenvalue weighted by molar-refractivity contribution is 6.12. The van der Waals surface area contributed by atoms with Crippen LogP contribution in [0.3, 0.4) is 0 Å². The van der Waals surface area contributed by atoms with Gasteiger partial charge in [-0.2, -0.15) is 0 Å². The minimum absolute atomic E-state index is 0.360. The number of ether oxygens (including phenoxy) is 1. The zero-order valence-corrected chi connectivity index (χ0v) is 15.8. The Morgan fingerprint density at radius 2 is 1.62 bits per heavy atom. The molecule has 3 aromatic carbocycles. The van der Waals surface area contributed by atoms with Gasteiger partial charge in [-0.15, -0.1) is 0 Å². The molecule has 0 N–H and O–H groups in total. The molecule has 0 aliphatic heterocycles. The van der Waals surface area contributed by atoms with Gasteiger partial charge in [0.2, 0.25) is 0 Å². The highest BCUT2D eigenvalue weighted by Gasteiger charge is 2.13. The van der Waals surface area contributed by atoms with Crippen molar-refractivity contribution in [3.8, 4) is 28.1 Å². The zero-order valence-electron chi connectivity index (χ0n) is 15.8. The first-order valence-corrected chi connectivity index (χ1v) is 9.30. The predicted molar refractivity (Wildman–Crippen MR) is 115 cm³/mol. The lowest BCUT2D eigenvalue weighted by molar-refractivity contribution is 0.415. The molecule has 0 radical (unpaired) electrons. The van der Waals surface area contributed by atoms with E-state index >= 15 is 0 Å². The fraction of sp³-hybridized carbons (Fsp3) is 0.0400. The molecule has 4 nitrogen and oxygen atoms in total. The summed E-state index contributed by atoms with van der Waals surface area (Å²) in [6.07, 6.45) is 0. The lowest BCUT2D eigenvalue weighted by atomic mass is 9.96. The monoisotopic (exact) mass is 379 g/mol. The van der Waals surface area contributed by atoms with Crippen LogP contribution in [0.5, 0.6) is 5.75 Å². The van der Waals surface area contributed by atoms with E-state index in [0.717, 1.165) is 44.4 Å². The molecular formula is C25H17NO3. The SMILES string of the molecule is COc1ccc(-c2cc(-c3ccccc3)c3c(ccc4oc(=O)ccc43)n2)cc1. The van der Waals surface area contributed by atoms with E-state index in [1.54, 1.807) is 13.2 Å². The summed E-state index contributed by atoms with van der Waals surface area (Å²) in [5, 5.41) is 1.84. The molecule has 5 rings (SSSR count). The summed E-state index contributed by atoms with van der Waals surface area (Å²) in [5.41, 5.74) is 5.04. The second-order valence-electron chi connectivity index (χ2n) is 6.78. The smallest absolute Gasteiger partial charge is 0.336 e. The van der Waals surface area contributed by atoms with E-state index in [9.17, 15) is 4.79 Å². The number of fused-ring (bicyclic) bond motifs is 3. The van der Waals surface area contributed by atoms with E-state index in [1.165, 1.54) is 6.07 Å². The average Bonchev–Trinajstić information content (AvgIpc) is 2.78. The van der Waals surface area contributed by atoms with Crippen molar-refractivity contribution in [2.24, 2.45) is 0 Å². The summed E-state index contributed by atoms with van der Waals surface area (Å²) < 4.78 is 10.7. The normalized spacial score (nSPS) is 11.1. The number of aromatic nitrogens is 1. The third kappa shape index (κ3) is 3.05. The minimum atomic E-state index is -0.360. The molecule has 0 unspecified atom stereocenters. The fourth-order valence-electron chi connectivity index (χ4n) is 3.64. The fourth-order valence-corrected chi connectivity index (χ4v) is 3.64. The topological polar surface area (TPSA) is 52.3 Å². The van der Waals surface area contributed by atoms with Gasteiger partial charge in [0, 0.05) is 22.4 Å². The molecular weight excluding hydrogens is 362 g/mol. The van der Waals surface area contributed by atoms with Crippen molar-refractivity contribution in [3.63, 3.8) is 0 Å². The molecule has 4 heteroatoms. The van der Waals surface area contributed by atoms with E-state index in [0.29, 0.717) is 5.58 Å². The van der Waals surface area contributed by atoms with Gasteiger partial charge in [-0.05, 0) is 59.7 Å². The highest BCUT2D eigenvalue weighted by atomic mass is 16.5. The predicted octanol–water partition coefficient (Wildman–Crippen LogP) is 5.68. The minimum Gasteiger partial charge on any atom is -0.497 e. The largest absolute Gasteiger partial charge is 0.497 e. The van der Waals surface area contributed by atoms with Crippen molar-refractivity contribution < 1.29 is 9.15 Å². The van der Waals surface area contributed by atoms with Crippen LogP contribution in [-0.4, -0.2) is 12.1 Å². The molecule has 5 aromatic rings. The Labute approximate surface area is 167 Å². The molecule has 29 heavy (non-hydrogen) atoms. The second kappa shape index (κ2) is 6.91. The average molecular weight is 379 g/mol. The quantitative estimate of drug-likeness (QED) is 0.299. The van der Waals surface area contributed by atoms with E-state index < -0.39 is 0 Å². The van der Waals surface area contributed by atoms with Gasteiger partial charge in [0.05, 0.1) is 18.3 Å². The Bertz CT molecular complexity index is 1390. The summed E-state index contributed by atoms with van der Waals surface area (Å²) in [4.78, 5) is 16.6. The van der Waals surface area contributed by atoms with Crippen molar-refractivity contribution in [3.05, 3.63) is 95.3 Å². The van der Waals surface area contributed by atoms with Gasteiger partial charge in [-0.3, -0.25) is 0 Å². The molecule has 0 amide bonds. The first-order valence-electron chi connectivity index (χ1n) is 9.30. The number of hydrogen-bond acceptors (Lipinski definition) is 4. The summed E-state index contributed by atoms with van der Waals surface area (Å²) in [5.74, 6) is 0.804. The Morgan fingerprint density at radius 3 is 2.38 bits per heavy atom. The van der Waals surface area contributed by atoms with Gasteiger partial charge in [0.25, 0.3) is 0 Å². The Balaban J connectivity index is 1.85. The van der Waals surface area contributed by atoms with Crippen molar-refractivity contribution in [1.82, 2.24) is 4.98 Å². The maximum Gasteiger partial charge on any atom is 0.336 e. The molecule has 2 aromatic heterocycles. The van der Waals surface area contributed by atoms with Crippen LogP contribution < -0.4 is 10.4 Å². The van der Waals surface area contributed by atoms with Crippen molar-refractivity contribution in [2.45, 2.75) is 0 Å². The third-order valence-corrected chi connectivity index (χ3v) is 5.04. The molecule has 0 saturated heterocycles. The van der Waals surface area contributed by atoms with Crippen molar-refractivity contribution in [1.29, 1.82) is 0 Å². The molecule has 0 aliphatic rings. The van der Waals surface area contributed by atoms with Crippen LogP contribution in [0.25, 0.3) is 44.3 Å². The lowest BCUT2D eigenvalue weighted by Crippen LogP contribution is -1.96. The lowest BCUT2D eigenvalue weighted by Gasteiger charge is -2.12. The molecule has 140 valence electrons. The highest BCUT2D eigenvalue weighted by Crippen LogP contribution is 2.36. The summed E-state index contributed by atoms with van der Waals surface area (Å²) in [6.45, 7) is 0. The van der Waals surface area contributed by atoms with Crippen LogP contribution in [0.15, 0.2) is 94.1 Å². The standard InChI is InChI=1S/C25H17NO3/c1-28-18-9-7-17(8-10-18)22-15-20(16-5-3-2-4-6-16)25-19-11-14-24(27)29-23(19)13-12-21(25)26-22/h2-15H,1H3.